The van der Waals surface area contributed by atoms with Gasteiger partial charge in [-0.05, 0) is 55.0 Å². The first-order valence-corrected chi connectivity index (χ1v) is 10.2. The summed E-state index contributed by atoms with van der Waals surface area (Å²) >= 11 is 0. The molecule has 4 rings (SSSR count). The number of nitrogens with one attached hydrogen (secondary N) is 1. The summed E-state index contributed by atoms with van der Waals surface area (Å²) in [5, 5.41) is 11.8. The lowest BCUT2D eigenvalue weighted by Crippen LogP contribution is -2.24. The maximum absolute atomic E-state index is 14.5. The van der Waals surface area contributed by atoms with Crippen LogP contribution in [0.2, 0.25) is 0 Å². The predicted octanol–water partition coefficient (Wildman–Crippen LogP) is 4.66. The Morgan fingerprint density at radius 2 is 1.91 bits per heavy atom. The summed E-state index contributed by atoms with van der Waals surface area (Å²) in [4.78, 5) is 25.8. The summed E-state index contributed by atoms with van der Waals surface area (Å²) in [5.74, 6) is -0.491. The number of carbonyl (C=O) groups is 2. The van der Waals surface area contributed by atoms with E-state index in [2.05, 4.69) is 11.4 Å². The molecule has 1 N–H and O–H groups in total. The van der Waals surface area contributed by atoms with Crippen molar-refractivity contribution in [3.05, 3.63) is 89.2 Å². The predicted molar refractivity (Wildman–Crippen MR) is 118 cm³/mol. The minimum Gasteiger partial charge on any atom is -0.489 e. The molecule has 1 aliphatic heterocycles. The lowest BCUT2D eigenvalue weighted by atomic mass is 10.1. The fourth-order valence-electron chi connectivity index (χ4n) is 3.53. The number of hydrogen-bond acceptors (Lipinski definition) is 4. The Morgan fingerprint density at radius 3 is 2.59 bits per heavy atom. The van der Waals surface area contributed by atoms with Crippen LogP contribution in [0.1, 0.15) is 34.3 Å². The summed E-state index contributed by atoms with van der Waals surface area (Å²) in [7, 11) is 0. The van der Waals surface area contributed by atoms with Crippen LogP contribution in [0.3, 0.4) is 0 Å². The van der Waals surface area contributed by atoms with Crippen LogP contribution in [0.15, 0.2) is 66.7 Å². The summed E-state index contributed by atoms with van der Waals surface area (Å²) in [6, 6.07) is 20.1. The van der Waals surface area contributed by atoms with Gasteiger partial charge in [0.1, 0.15) is 18.2 Å². The molecule has 1 aliphatic rings. The van der Waals surface area contributed by atoms with Gasteiger partial charge < -0.3 is 15.0 Å². The Morgan fingerprint density at radius 1 is 1.12 bits per heavy atom. The summed E-state index contributed by atoms with van der Waals surface area (Å²) in [6.07, 6.45) is 1.13. The molecule has 1 heterocycles. The van der Waals surface area contributed by atoms with Crippen LogP contribution >= 0.6 is 0 Å². The second-order valence-corrected chi connectivity index (χ2v) is 7.35. The van der Waals surface area contributed by atoms with Crippen LogP contribution in [0.4, 0.5) is 15.8 Å². The number of nitrogens with zero attached hydrogens (tertiary/aromatic N) is 2. The van der Waals surface area contributed by atoms with Gasteiger partial charge in [-0.15, -0.1) is 0 Å². The van der Waals surface area contributed by atoms with Crippen molar-refractivity contribution < 1.29 is 18.7 Å². The van der Waals surface area contributed by atoms with Crippen molar-refractivity contribution in [2.24, 2.45) is 0 Å². The third kappa shape index (κ3) is 4.60. The van der Waals surface area contributed by atoms with Crippen LogP contribution in [-0.2, 0) is 11.4 Å². The van der Waals surface area contributed by atoms with E-state index in [1.807, 2.05) is 12.1 Å². The van der Waals surface area contributed by atoms with E-state index in [0.717, 1.165) is 5.56 Å². The molecule has 6 nitrogen and oxygen atoms in total. The van der Waals surface area contributed by atoms with Gasteiger partial charge in [0.05, 0.1) is 17.3 Å². The fraction of sp³-hybridized carbons (Fsp3) is 0.160. The van der Waals surface area contributed by atoms with E-state index in [0.29, 0.717) is 42.0 Å². The molecule has 7 heteroatoms. The lowest BCUT2D eigenvalue weighted by molar-refractivity contribution is -0.117. The number of anilines is 2. The molecular formula is C25H20FN3O3. The zero-order valence-corrected chi connectivity index (χ0v) is 17.2. The van der Waals surface area contributed by atoms with Crippen molar-refractivity contribution in [3.63, 3.8) is 0 Å². The van der Waals surface area contributed by atoms with Crippen molar-refractivity contribution in [2.75, 3.05) is 16.8 Å². The van der Waals surface area contributed by atoms with Gasteiger partial charge in [0.25, 0.3) is 5.91 Å². The first kappa shape index (κ1) is 21.1. The Bertz CT molecular complexity index is 1200. The van der Waals surface area contributed by atoms with Gasteiger partial charge in [-0.3, -0.25) is 9.59 Å². The largest absolute Gasteiger partial charge is 0.489 e. The van der Waals surface area contributed by atoms with Crippen molar-refractivity contribution in [1.29, 1.82) is 5.26 Å². The van der Waals surface area contributed by atoms with Crippen molar-refractivity contribution >= 4 is 23.2 Å². The average molecular weight is 429 g/mol. The summed E-state index contributed by atoms with van der Waals surface area (Å²) in [5.41, 5.74) is 2.24. The summed E-state index contributed by atoms with van der Waals surface area (Å²) < 4.78 is 20.2. The topological polar surface area (TPSA) is 82.4 Å². The first-order chi connectivity index (χ1) is 15.5. The standard InChI is InChI=1S/C25H20FN3O3/c26-22-14-20(9-12-23(22)29-13-3-6-24(29)30)28-25(31)17-7-10-21(11-8-17)32-16-19-5-2-1-4-18(19)15-27/h1-2,4-5,7-12,14H,3,6,13,16H2,(H,28,31). The molecule has 1 saturated heterocycles. The minimum atomic E-state index is -0.556. The van der Waals surface area contributed by atoms with Gasteiger partial charge >= 0.3 is 0 Å². The van der Waals surface area contributed by atoms with Gasteiger partial charge in [0, 0.05) is 29.8 Å². The number of ether oxygens (including phenoxy) is 1. The van der Waals surface area contributed by atoms with Crippen LogP contribution in [0.5, 0.6) is 5.75 Å². The zero-order chi connectivity index (χ0) is 22.5. The quantitative estimate of drug-likeness (QED) is 0.618. The molecule has 0 radical (unpaired) electrons. The average Bonchev–Trinajstić information content (AvgIpc) is 3.23. The highest BCUT2D eigenvalue weighted by atomic mass is 19.1. The van der Waals surface area contributed by atoms with Crippen molar-refractivity contribution in [2.45, 2.75) is 19.4 Å². The Labute approximate surface area is 184 Å². The number of rotatable bonds is 6. The Kier molecular flexibility index (Phi) is 6.13. The van der Waals surface area contributed by atoms with Crippen molar-refractivity contribution in [1.82, 2.24) is 0 Å². The molecule has 3 aromatic rings. The van der Waals surface area contributed by atoms with Gasteiger partial charge in [-0.25, -0.2) is 4.39 Å². The fourth-order valence-corrected chi connectivity index (χ4v) is 3.53. The molecule has 0 bridgehead atoms. The number of carbonyl (C=O) groups excluding carboxylic acids is 2. The van der Waals surface area contributed by atoms with Gasteiger partial charge in [0.2, 0.25) is 5.91 Å². The number of amides is 2. The monoisotopic (exact) mass is 429 g/mol. The highest BCUT2D eigenvalue weighted by Gasteiger charge is 2.24. The second-order valence-electron chi connectivity index (χ2n) is 7.35. The normalized spacial score (nSPS) is 13.0. The highest BCUT2D eigenvalue weighted by molar-refractivity contribution is 6.04. The van der Waals surface area contributed by atoms with E-state index in [-0.39, 0.29) is 18.2 Å². The lowest BCUT2D eigenvalue weighted by Gasteiger charge is -2.17. The van der Waals surface area contributed by atoms with Crippen LogP contribution < -0.4 is 15.0 Å². The molecule has 32 heavy (non-hydrogen) atoms. The number of halogens is 1. The molecular weight excluding hydrogens is 409 g/mol. The molecule has 0 aliphatic carbocycles. The number of hydrogen-bond donors (Lipinski definition) is 1. The molecule has 160 valence electrons. The smallest absolute Gasteiger partial charge is 0.255 e. The van der Waals surface area contributed by atoms with Gasteiger partial charge in [-0.2, -0.15) is 5.26 Å². The molecule has 0 aromatic heterocycles. The molecule has 0 saturated carbocycles. The maximum atomic E-state index is 14.5. The van der Waals surface area contributed by atoms with Gasteiger partial charge in [0.15, 0.2) is 0 Å². The SMILES string of the molecule is N#Cc1ccccc1COc1ccc(C(=O)Nc2ccc(N3CCCC3=O)c(F)c2)cc1. The van der Waals surface area contributed by atoms with Crippen LogP contribution in [0, 0.1) is 17.1 Å². The number of nitriles is 1. The molecule has 0 atom stereocenters. The molecule has 0 unspecified atom stereocenters. The van der Waals surface area contributed by atoms with E-state index in [4.69, 9.17) is 10.00 Å². The van der Waals surface area contributed by atoms with Crippen molar-refractivity contribution in [3.8, 4) is 11.8 Å². The first-order valence-electron chi connectivity index (χ1n) is 10.2. The molecule has 1 fully saturated rings. The molecule has 2 amide bonds. The van der Waals surface area contributed by atoms with E-state index < -0.39 is 11.7 Å². The van der Waals surface area contributed by atoms with Crippen LogP contribution in [-0.4, -0.2) is 18.4 Å². The number of benzene rings is 3. The van der Waals surface area contributed by atoms with E-state index >= 15 is 0 Å². The van der Waals surface area contributed by atoms with Crippen LogP contribution in [0.25, 0.3) is 0 Å². The molecule has 3 aromatic carbocycles. The Balaban J connectivity index is 1.38. The van der Waals surface area contributed by atoms with Gasteiger partial charge in [-0.1, -0.05) is 18.2 Å². The minimum absolute atomic E-state index is 0.0980. The van der Waals surface area contributed by atoms with E-state index in [1.54, 1.807) is 42.5 Å². The Hall–Kier alpha value is -4.18. The maximum Gasteiger partial charge on any atom is 0.255 e. The third-order valence-electron chi connectivity index (χ3n) is 5.22. The third-order valence-corrected chi connectivity index (χ3v) is 5.22. The second kappa shape index (κ2) is 9.31. The highest BCUT2D eigenvalue weighted by Crippen LogP contribution is 2.27. The van der Waals surface area contributed by atoms with E-state index in [1.165, 1.54) is 17.0 Å². The van der Waals surface area contributed by atoms with E-state index in [9.17, 15) is 14.0 Å². The molecule has 0 spiro atoms. The summed E-state index contributed by atoms with van der Waals surface area (Å²) in [6.45, 7) is 0.735. The zero-order valence-electron chi connectivity index (χ0n) is 17.2.